The van der Waals surface area contributed by atoms with Crippen LogP contribution in [0.15, 0.2) is 65.9 Å². The summed E-state index contributed by atoms with van der Waals surface area (Å²) in [5, 5.41) is 7.14. The van der Waals surface area contributed by atoms with Crippen molar-refractivity contribution in [3.63, 3.8) is 0 Å². The highest BCUT2D eigenvalue weighted by molar-refractivity contribution is 7.97. The molecule has 2 aliphatic heterocycles. The lowest BCUT2D eigenvalue weighted by molar-refractivity contribution is 0.0890. The second kappa shape index (κ2) is 11.8. The van der Waals surface area contributed by atoms with Gasteiger partial charge >= 0.3 is 0 Å². The summed E-state index contributed by atoms with van der Waals surface area (Å²) in [7, 11) is 2.14. The van der Waals surface area contributed by atoms with Crippen LogP contribution in [-0.4, -0.2) is 76.3 Å². The number of rotatable bonds is 7. The number of anilines is 1. The molecule has 5 rings (SSSR count). The van der Waals surface area contributed by atoms with Gasteiger partial charge in [-0.3, -0.25) is 19.5 Å². The number of para-hydroxylation sites is 1. The first-order valence-electron chi connectivity index (χ1n) is 12.6. The average Bonchev–Trinajstić information content (AvgIpc) is 3.44. The molecular weight excluding hydrogens is 498 g/mol. The molecule has 2 aliphatic rings. The Morgan fingerprint density at radius 3 is 2.50 bits per heavy atom. The van der Waals surface area contributed by atoms with Gasteiger partial charge in [-0.2, -0.15) is 5.10 Å². The summed E-state index contributed by atoms with van der Waals surface area (Å²) in [6.45, 7) is 6.89. The fourth-order valence-electron chi connectivity index (χ4n) is 4.41. The Morgan fingerprint density at radius 1 is 0.974 bits per heavy atom. The summed E-state index contributed by atoms with van der Waals surface area (Å²) in [5.41, 5.74) is 8.15. The van der Waals surface area contributed by atoms with Crippen molar-refractivity contribution in [2.45, 2.75) is 13.5 Å². The molecule has 0 saturated carbocycles. The minimum Gasteiger partial charge on any atom is -0.322 e. The molecule has 1 aromatic heterocycles. The quantitative estimate of drug-likeness (QED) is 0.452. The highest BCUT2D eigenvalue weighted by atomic mass is 32.2. The SMILES string of the molecule is Cc1ccc(C(=O)NN2N=CCS2)cc1-c1ccc(C(=O)Nc2ccccc2CN2CCN(C)CC2)cn1. The van der Waals surface area contributed by atoms with Gasteiger partial charge in [-0.1, -0.05) is 24.3 Å². The molecule has 0 unspecified atom stereocenters. The molecule has 0 radical (unpaired) electrons. The van der Waals surface area contributed by atoms with Crippen LogP contribution in [0.3, 0.4) is 0 Å². The standard InChI is InChI=1S/C28H31N7O2S/c1-20-7-8-21(28(37)32-35-30-11-16-38-35)17-24(20)26-10-9-22(18-29-26)27(36)31-25-6-4-3-5-23(25)19-34-14-12-33(2)13-15-34/h3-11,17-18H,12-16,19H2,1-2H3,(H,31,36)(H,32,37). The summed E-state index contributed by atoms with van der Waals surface area (Å²) in [4.78, 5) is 35.0. The Labute approximate surface area is 227 Å². The van der Waals surface area contributed by atoms with Crippen LogP contribution in [0.5, 0.6) is 0 Å². The Kier molecular flexibility index (Phi) is 8.02. The van der Waals surface area contributed by atoms with E-state index in [2.05, 4.69) is 43.7 Å². The van der Waals surface area contributed by atoms with Gasteiger partial charge in [-0.25, -0.2) is 5.43 Å². The van der Waals surface area contributed by atoms with E-state index < -0.39 is 0 Å². The maximum Gasteiger partial charge on any atom is 0.271 e. The highest BCUT2D eigenvalue weighted by Gasteiger charge is 2.18. The molecule has 1 saturated heterocycles. The number of hydrogen-bond acceptors (Lipinski definition) is 8. The first-order chi connectivity index (χ1) is 18.5. The monoisotopic (exact) mass is 529 g/mol. The Hall–Kier alpha value is -3.73. The highest BCUT2D eigenvalue weighted by Crippen LogP contribution is 2.24. The van der Waals surface area contributed by atoms with Crippen molar-refractivity contribution >= 4 is 35.7 Å². The topological polar surface area (TPSA) is 93.2 Å². The van der Waals surface area contributed by atoms with E-state index in [1.165, 1.54) is 16.5 Å². The number of carbonyl (C=O) groups is 2. The Bertz CT molecular complexity index is 1340. The van der Waals surface area contributed by atoms with Gasteiger partial charge in [0.05, 0.1) is 17.0 Å². The molecule has 2 amide bonds. The summed E-state index contributed by atoms with van der Waals surface area (Å²) in [6, 6.07) is 17.0. The number of piperazine rings is 1. The number of amides is 2. The molecule has 0 atom stereocenters. The third-order valence-corrected chi connectivity index (χ3v) is 7.44. The van der Waals surface area contributed by atoms with E-state index in [0.29, 0.717) is 16.8 Å². The number of hydrogen-bond donors (Lipinski definition) is 2. The molecule has 196 valence electrons. The lowest BCUT2D eigenvalue weighted by Gasteiger charge is -2.32. The van der Waals surface area contributed by atoms with Gasteiger partial charge in [0.2, 0.25) is 0 Å². The van der Waals surface area contributed by atoms with Gasteiger partial charge in [-0.05, 0) is 55.4 Å². The zero-order valence-corrected chi connectivity index (χ0v) is 22.4. The molecule has 10 heteroatoms. The van der Waals surface area contributed by atoms with Crippen LogP contribution < -0.4 is 10.7 Å². The van der Waals surface area contributed by atoms with E-state index in [9.17, 15) is 9.59 Å². The molecule has 0 spiro atoms. The number of aryl methyl sites for hydroxylation is 1. The van der Waals surface area contributed by atoms with Gasteiger partial charge in [0, 0.05) is 73.9 Å². The van der Waals surface area contributed by atoms with Crippen LogP contribution in [0.25, 0.3) is 11.3 Å². The predicted octanol–water partition coefficient (Wildman–Crippen LogP) is 3.65. The van der Waals surface area contributed by atoms with Crippen molar-refractivity contribution in [1.29, 1.82) is 0 Å². The van der Waals surface area contributed by atoms with E-state index >= 15 is 0 Å². The summed E-state index contributed by atoms with van der Waals surface area (Å²) < 4.78 is 1.46. The van der Waals surface area contributed by atoms with Crippen molar-refractivity contribution in [2.24, 2.45) is 5.10 Å². The number of aromatic nitrogens is 1. The molecule has 38 heavy (non-hydrogen) atoms. The third kappa shape index (κ3) is 6.21. The number of hydrazone groups is 1. The first-order valence-corrected chi connectivity index (χ1v) is 13.5. The molecule has 3 heterocycles. The maximum atomic E-state index is 13.1. The van der Waals surface area contributed by atoms with Crippen molar-refractivity contribution in [3.05, 3.63) is 83.0 Å². The van der Waals surface area contributed by atoms with Gasteiger partial charge in [0.25, 0.3) is 11.8 Å². The number of pyridine rings is 1. The number of nitrogens with zero attached hydrogens (tertiary/aromatic N) is 5. The van der Waals surface area contributed by atoms with E-state index in [4.69, 9.17) is 0 Å². The minimum absolute atomic E-state index is 0.205. The van der Waals surface area contributed by atoms with Crippen molar-refractivity contribution in [1.82, 2.24) is 24.7 Å². The fourth-order valence-corrected chi connectivity index (χ4v) is 4.96. The maximum absolute atomic E-state index is 13.1. The normalized spacial score (nSPS) is 16.0. The predicted molar refractivity (Wildman–Crippen MR) is 152 cm³/mol. The van der Waals surface area contributed by atoms with Gasteiger partial charge in [0.1, 0.15) is 0 Å². The van der Waals surface area contributed by atoms with Gasteiger partial charge < -0.3 is 10.2 Å². The summed E-state index contributed by atoms with van der Waals surface area (Å²) >= 11 is 1.41. The molecular formula is C28H31N7O2S. The van der Waals surface area contributed by atoms with Crippen LogP contribution >= 0.6 is 11.9 Å². The lowest BCUT2D eigenvalue weighted by atomic mass is 10.0. The largest absolute Gasteiger partial charge is 0.322 e. The van der Waals surface area contributed by atoms with Crippen molar-refractivity contribution < 1.29 is 9.59 Å². The molecule has 1 fully saturated rings. The van der Waals surface area contributed by atoms with Crippen LogP contribution in [0.4, 0.5) is 5.69 Å². The average molecular weight is 530 g/mol. The number of hydrazine groups is 1. The van der Waals surface area contributed by atoms with Crippen molar-refractivity contribution in [3.8, 4) is 11.3 Å². The van der Waals surface area contributed by atoms with Crippen LogP contribution in [0.1, 0.15) is 31.8 Å². The van der Waals surface area contributed by atoms with Gasteiger partial charge in [-0.15, -0.1) is 4.52 Å². The zero-order chi connectivity index (χ0) is 26.5. The number of benzene rings is 2. The van der Waals surface area contributed by atoms with Crippen LogP contribution in [0, 0.1) is 6.92 Å². The zero-order valence-electron chi connectivity index (χ0n) is 21.6. The number of nitrogens with one attached hydrogen (secondary N) is 2. The Morgan fingerprint density at radius 2 is 1.76 bits per heavy atom. The van der Waals surface area contributed by atoms with E-state index in [-0.39, 0.29) is 11.8 Å². The van der Waals surface area contributed by atoms with Crippen LogP contribution in [-0.2, 0) is 6.54 Å². The van der Waals surface area contributed by atoms with Gasteiger partial charge in [0.15, 0.2) is 0 Å². The smallest absolute Gasteiger partial charge is 0.271 e. The number of carbonyl (C=O) groups excluding carboxylic acids is 2. The third-order valence-electron chi connectivity index (χ3n) is 6.71. The van der Waals surface area contributed by atoms with E-state index in [1.54, 1.807) is 24.5 Å². The minimum atomic E-state index is -0.246. The summed E-state index contributed by atoms with van der Waals surface area (Å²) in [6.07, 6.45) is 3.31. The van der Waals surface area contributed by atoms with E-state index in [1.807, 2.05) is 43.3 Å². The second-order valence-electron chi connectivity index (χ2n) is 9.46. The molecule has 0 bridgehead atoms. The Balaban J connectivity index is 1.27. The molecule has 0 aliphatic carbocycles. The second-order valence-corrected chi connectivity index (χ2v) is 10.4. The number of likely N-dealkylation sites (N-methyl/N-ethyl adjacent to an activating group) is 1. The summed E-state index contributed by atoms with van der Waals surface area (Å²) in [5.74, 6) is 0.276. The van der Waals surface area contributed by atoms with Crippen LogP contribution in [0.2, 0.25) is 0 Å². The van der Waals surface area contributed by atoms with Crippen molar-refractivity contribution in [2.75, 3.05) is 44.3 Å². The molecule has 2 N–H and O–H groups in total. The lowest BCUT2D eigenvalue weighted by Crippen LogP contribution is -2.43. The first kappa shape index (κ1) is 25.9. The molecule has 9 nitrogen and oxygen atoms in total. The van der Waals surface area contributed by atoms with E-state index in [0.717, 1.165) is 60.9 Å². The fraction of sp³-hybridized carbons (Fsp3) is 0.286. The molecule has 2 aromatic carbocycles. The molecule has 3 aromatic rings.